The van der Waals surface area contributed by atoms with Crippen LogP contribution >= 0.6 is 0 Å². The summed E-state index contributed by atoms with van der Waals surface area (Å²) < 4.78 is 5.36. The summed E-state index contributed by atoms with van der Waals surface area (Å²) in [4.78, 5) is 6.48. The van der Waals surface area contributed by atoms with E-state index in [4.69, 9.17) is 10.00 Å². The van der Waals surface area contributed by atoms with Crippen molar-refractivity contribution in [1.29, 1.82) is 5.26 Å². The average Bonchev–Trinajstić information content (AvgIpc) is 2.39. The summed E-state index contributed by atoms with van der Waals surface area (Å²) in [5.74, 6) is 0.876. The van der Waals surface area contributed by atoms with E-state index in [9.17, 15) is 0 Å². The number of anilines is 1. The second-order valence-corrected chi connectivity index (χ2v) is 3.96. The minimum absolute atomic E-state index is 0.279. The van der Waals surface area contributed by atoms with Crippen LogP contribution in [0.4, 0.5) is 5.82 Å². The quantitative estimate of drug-likeness (QED) is 0.754. The molecule has 1 unspecified atom stereocenters. The monoisotopic (exact) mass is 217 g/mol. The molecule has 1 aromatic heterocycles. The van der Waals surface area contributed by atoms with Crippen LogP contribution in [-0.4, -0.2) is 31.3 Å². The van der Waals surface area contributed by atoms with E-state index in [2.05, 4.69) is 16.0 Å². The van der Waals surface area contributed by atoms with Crippen LogP contribution in [0.3, 0.4) is 0 Å². The highest BCUT2D eigenvalue weighted by Gasteiger charge is 2.20. The Bertz CT molecular complexity index is 399. The number of rotatable bonds is 2. The second kappa shape index (κ2) is 4.95. The van der Waals surface area contributed by atoms with Gasteiger partial charge in [-0.15, -0.1) is 0 Å². The Hall–Kier alpha value is -1.60. The van der Waals surface area contributed by atoms with Gasteiger partial charge in [-0.25, -0.2) is 4.98 Å². The molecule has 4 heteroatoms. The number of hydrogen-bond acceptors (Lipinski definition) is 4. The number of nitriles is 1. The topological polar surface area (TPSA) is 49.1 Å². The third-order valence-electron chi connectivity index (χ3n) is 2.91. The van der Waals surface area contributed by atoms with Crippen molar-refractivity contribution in [2.24, 2.45) is 0 Å². The highest BCUT2D eigenvalue weighted by Crippen LogP contribution is 2.19. The van der Waals surface area contributed by atoms with E-state index in [1.54, 1.807) is 19.4 Å². The lowest BCUT2D eigenvalue weighted by Crippen LogP contribution is -2.39. The molecule has 0 radical (unpaired) electrons. The smallest absolute Gasteiger partial charge is 0.129 e. The van der Waals surface area contributed by atoms with E-state index in [0.717, 1.165) is 31.7 Å². The van der Waals surface area contributed by atoms with Crippen molar-refractivity contribution in [2.45, 2.75) is 18.9 Å². The first-order valence-corrected chi connectivity index (χ1v) is 5.47. The SMILES string of the molecule is COC1CCCN(c2cc(C#N)ccn2)C1. The van der Waals surface area contributed by atoms with Crippen molar-refractivity contribution in [2.75, 3.05) is 25.1 Å². The summed E-state index contributed by atoms with van der Waals surface area (Å²) in [6.07, 6.45) is 4.17. The largest absolute Gasteiger partial charge is 0.380 e. The number of piperidine rings is 1. The molecule has 0 saturated carbocycles. The van der Waals surface area contributed by atoms with Crippen molar-refractivity contribution in [3.8, 4) is 6.07 Å². The molecule has 1 aromatic rings. The van der Waals surface area contributed by atoms with Crippen LogP contribution in [0.5, 0.6) is 0 Å². The first kappa shape index (κ1) is 10.9. The summed E-state index contributed by atoms with van der Waals surface area (Å²) in [6, 6.07) is 5.69. The number of aromatic nitrogens is 1. The van der Waals surface area contributed by atoms with Crippen LogP contribution in [0.25, 0.3) is 0 Å². The molecule has 0 amide bonds. The van der Waals surface area contributed by atoms with Gasteiger partial charge in [0.25, 0.3) is 0 Å². The zero-order chi connectivity index (χ0) is 11.4. The van der Waals surface area contributed by atoms with Gasteiger partial charge in [0.1, 0.15) is 5.82 Å². The van der Waals surface area contributed by atoms with Crippen molar-refractivity contribution in [3.05, 3.63) is 23.9 Å². The first-order valence-electron chi connectivity index (χ1n) is 5.47. The molecular weight excluding hydrogens is 202 g/mol. The van der Waals surface area contributed by atoms with E-state index >= 15 is 0 Å². The Morgan fingerprint density at radius 2 is 2.50 bits per heavy atom. The van der Waals surface area contributed by atoms with Crippen LogP contribution in [0.2, 0.25) is 0 Å². The normalized spacial score (nSPS) is 20.5. The predicted octanol–water partition coefficient (Wildman–Crippen LogP) is 1.57. The van der Waals surface area contributed by atoms with E-state index < -0.39 is 0 Å². The molecule has 1 fully saturated rings. The summed E-state index contributed by atoms with van der Waals surface area (Å²) >= 11 is 0. The minimum atomic E-state index is 0.279. The zero-order valence-electron chi connectivity index (χ0n) is 9.39. The number of methoxy groups -OCH3 is 1. The molecule has 0 aromatic carbocycles. The maximum Gasteiger partial charge on any atom is 0.129 e. The third-order valence-corrected chi connectivity index (χ3v) is 2.91. The molecule has 84 valence electrons. The van der Waals surface area contributed by atoms with Gasteiger partial charge in [-0.05, 0) is 25.0 Å². The molecule has 2 heterocycles. The van der Waals surface area contributed by atoms with Gasteiger partial charge in [0.15, 0.2) is 0 Å². The van der Waals surface area contributed by atoms with Gasteiger partial charge in [-0.1, -0.05) is 0 Å². The Labute approximate surface area is 95.5 Å². The Balaban J connectivity index is 2.14. The fourth-order valence-corrected chi connectivity index (χ4v) is 2.00. The Morgan fingerprint density at radius 3 is 3.25 bits per heavy atom. The number of pyridine rings is 1. The van der Waals surface area contributed by atoms with Crippen molar-refractivity contribution >= 4 is 5.82 Å². The molecule has 1 aliphatic rings. The molecule has 1 aliphatic heterocycles. The van der Waals surface area contributed by atoms with Gasteiger partial charge >= 0.3 is 0 Å². The average molecular weight is 217 g/mol. The number of nitrogens with zero attached hydrogens (tertiary/aromatic N) is 3. The third kappa shape index (κ3) is 2.31. The molecule has 16 heavy (non-hydrogen) atoms. The minimum Gasteiger partial charge on any atom is -0.380 e. The highest BCUT2D eigenvalue weighted by molar-refractivity contribution is 5.45. The summed E-state index contributed by atoms with van der Waals surface area (Å²) in [7, 11) is 1.74. The summed E-state index contributed by atoms with van der Waals surface area (Å²) in [5.41, 5.74) is 0.657. The van der Waals surface area contributed by atoms with E-state index in [1.165, 1.54) is 0 Å². The van der Waals surface area contributed by atoms with Crippen molar-refractivity contribution < 1.29 is 4.74 Å². The van der Waals surface area contributed by atoms with E-state index in [-0.39, 0.29) is 6.10 Å². The molecule has 0 spiro atoms. The van der Waals surface area contributed by atoms with Crippen LogP contribution in [0, 0.1) is 11.3 Å². The van der Waals surface area contributed by atoms with Gasteiger partial charge in [0.05, 0.1) is 17.7 Å². The zero-order valence-corrected chi connectivity index (χ0v) is 9.39. The summed E-state index contributed by atoms with van der Waals surface area (Å²) in [6.45, 7) is 1.85. The number of hydrogen-bond donors (Lipinski definition) is 0. The lowest BCUT2D eigenvalue weighted by atomic mass is 10.1. The Kier molecular flexibility index (Phi) is 3.37. The number of ether oxygens (including phenoxy) is 1. The molecule has 0 bridgehead atoms. The standard InChI is InChI=1S/C12H15N3O/c1-16-11-3-2-6-15(9-11)12-7-10(8-13)4-5-14-12/h4-5,7,11H,2-3,6,9H2,1H3. The molecular formula is C12H15N3O. The molecule has 0 aliphatic carbocycles. The maximum absolute atomic E-state index is 8.84. The molecule has 2 rings (SSSR count). The maximum atomic E-state index is 8.84. The van der Waals surface area contributed by atoms with Crippen molar-refractivity contribution in [1.82, 2.24) is 4.98 Å². The lowest BCUT2D eigenvalue weighted by Gasteiger charge is -2.32. The van der Waals surface area contributed by atoms with Crippen LogP contribution in [0.1, 0.15) is 18.4 Å². The lowest BCUT2D eigenvalue weighted by molar-refractivity contribution is 0.0891. The van der Waals surface area contributed by atoms with Gasteiger partial charge in [-0.2, -0.15) is 5.26 Å². The highest BCUT2D eigenvalue weighted by atomic mass is 16.5. The van der Waals surface area contributed by atoms with Crippen molar-refractivity contribution in [3.63, 3.8) is 0 Å². The van der Waals surface area contributed by atoms with Gasteiger partial charge in [0, 0.05) is 26.4 Å². The predicted molar refractivity (Wildman–Crippen MR) is 61.2 cm³/mol. The summed E-state index contributed by atoms with van der Waals surface area (Å²) in [5, 5.41) is 8.84. The molecule has 1 saturated heterocycles. The van der Waals surface area contributed by atoms with Crippen LogP contribution in [-0.2, 0) is 4.74 Å². The van der Waals surface area contributed by atoms with E-state index in [0.29, 0.717) is 5.56 Å². The fraction of sp³-hybridized carbons (Fsp3) is 0.500. The van der Waals surface area contributed by atoms with E-state index in [1.807, 2.05) is 6.07 Å². The molecule has 0 N–H and O–H groups in total. The Morgan fingerprint density at radius 1 is 1.62 bits per heavy atom. The fourth-order valence-electron chi connectivity index (χ4n) is 2.00. The van der Waals surface area contributed by atoms with Gasteiger partial charge < -0.3 is 9.64 Å². The second-order valence-electron chi connectivity index (χ2n) is 3.96. The molecule has 1 atom stereocenters. The van der Waals surface area contributed by atoms with Crippen LogP contribution < -0.4 is 4.90 Å². The van der Waals surface area contributed by atoms with Crippen LogP contribution in [0.15, 0.2) is 18.3 Å². The van der Waals surface area contributed by atoms with Gasteiger partial charge in [-0.3, -0.25) is 0 Å². The first-order chi connectivity index (χ1) is 7.83. The molecule has 4 nitrogen and oxygen atoms in total. The van der Waals surface area contributed by atoms with Gasteiger partial charge in [0.2, 0.25) is 0 Å².